The van der Waals surface area contributed by atoms with Crippen LogP contribution >= 0.6 is 0 Å². The van der Waals surface area contributed by atoms with Gasteiger partial charge in [0.2, 0.25) is 0 Å². The number of hydrogen-bond acceptors (Lipinski definition) is 3. The van der Waals surface area contributed by atoms with Gasteiger partial charge in [-0.2, -0.15) is 0 Å². The third-order valence-electron chi connectivity index (χ3n) is 3.39. The van der Waals surface area contributed by atoms with E-state index >= 15 is 0 Å². The molecule has 1 aromatic rings. The molecule has 0 atom stereocenters. The molecule has 2 rings (SSSR count). The maximum absolute atomic E-state index is 13.6. The fraction of sp³-hybridized carbons (Fsp3) is 0.571. The average Bonchev–Trinajstić information content (AvgIpc) is 2.41. The van der Waals surface area contributed by atoms with Crippen LogP contribution < -0.4 is 4.90 Å². The lowest BCUT2D eigenvalue weighted by Crippen LogP contribution is -2.47. The van der Waals surface area contributed by atoms with Crippen LogP contribution in [0.25, 0.3) is 0 Å². The van der Waals surface area contributed by atoms with E-state index in [-0.39, 0.29) is 5.82 Å². The predicted molar refractivity (Wildman–Crippen MR) is 71.5 cm³/mol. The second-order valence-electron chi connectivity index (χ2n) is 4.63. The minimum absolute atomic E-state index is 0.120. The van der Waals surface area contributed by atoms with Crippen molar-refractivity contribution in [2.45, 2.75) is 6.42 Å². The van der Waals surface area contributed by atoms with Crippen LogP contribution in [0.1, 0.15) is 6.42 Å². The van der Waals surface area contributed by atoms with E-state index in [1.54, 1.807) is 13.2 Å². The largest absolute Gasteiger partial charge is 0.385 e. The highest BCUT2D eigenvalue weighted by molar-refractivity contribution is 5.47. The van der Waals surface area contributed by atoms with E-state index in [0.29, 0.717) is 0 Å². The van der Waals surface area contributed by atoms with Gasteiger partial charge in [-0.3, -0.25) is 4.90 Å². The minimum atomic E-state index is -0.120. The zero-order valence-corrected chi connectivity index (χ0v) is 10.9. The highest BCUT2D eigenvalue weighted by atomic mass is 19.1. The lowest BCUT2D eigenvalue weighted by Gasteiger charge is -2.36. The minimum Gasteiger partial charge on any atom is -0.385 e. The molecule has 0 aliphatic carbocycles. The number of ether oxygens (including phenoxy) is 1. The van der Waals surface area contributed by atoms with Crippen LogP contribution in [0.15, 0.2) is 24.3 Å². The summed E-state index contributed by atoms with van der Waals surface area (Å²) in [7, 11) is 1.73. The second kappa shape index (κ2) is 6.71. The molecule has 0 N–H and O–H groups in total. The Morgan fingerprint density at radius 3 is 2.56 bits per heavy atom. The first-order valence-electron chi connectivity index (χ1n) is 6.52. The van der Waals surface area contributed by atoms with E-state index in [9.17, 15) is 4.39 Å². The van der Waals surface area contributed by atoms with Gasteiger partial charge in [-0.15, -0.1) is 0 Å². The van der Waals surface area contributed by atoms with Crippen molar-refractivity contribution in [3.63, 3.8) is 0 Å². The van der Waals surface area contributed by atoms with Crippen molar-refractivity contribution in [1.29, 1.82) is 0 Å². The molecular formula is C14H21FN2O. The van der Waals surface area contributed by atoms with Crippen molar-refractivity contribution in [1.82, 2.24) is 4.90 Å². The van der Waals surface area contributed by atoms with Crippen molar-refractivity contribution >= 4 is 5.69 Å². The van der Waals surface area contributed by atoms with Gasteiger partial charge in [0.1, 0.15) is 5.82 Å². The van der Waals surface area contributed by atoms with Gasteiger partial charge in [0.15, 0.2) is 0 Å². The normalized spacial score (nSPS) is 17.1. The molecule has 3 nitrogen and oxygen atoms in total. The first-order chi connectivity index (χ1) is 8.81. The number of hydrogen-bond donors (Lipinski definition) is 0. The van der Waals surface area contributed by atoms with Crippen molar-refractivity contribution < 1.29 is 9.13 Å². The molecule has 0 spiro atoms. The maximum atomic E-state index is 13.6. The summed E-state index contributed by atoms with van der Waals surface area (Å²) in [6, 6.07) is 7.01. The predicted octanol–water partition coefficient (Wildman–Crippen LogP) is 1.98. The highest BCUT2D eigenvalue weighted by Crippen LogP contribution is 2.20. The Bertz CT molecular complexity index is 365. The van der Waals surface area contributed by atoms with Gasteiger partial charge >= 0.3 is 0 Å². The maximum Gasteiger partial charge on any atom is 0.146 e. The SMILES string of the molecule is COCCCN1CCN(c2ccccc2F)CC1. The Balaban J connectivity index is 1.81. The van der Waals surface area contributed by atoms with E-state index in [1.165, 1.54) is 6.07 Å². The van der Waals surface area contributed by atoms with Crippen molar-refractivity contribution in [2.24, 2.45) is 0 Å². The summed E-state index contributed by atoms with van der Waals surface area (Å²) >= 11 is 0. The standard InChI is InChI=1S/C14H21FN2O/c1-18-12-4-7-16-8-10-17(11-9-16)14-6-3-2-5-13(14)15/h2-3,5-6H,4,7-12H2,1H3. The number of benzene rings is 1. The summed E-state index contributed by atoms with van der Waals surface area (Å²) in [6.45, 7) is 5.67. The summed E-state index contributed by atoms with van der Waals surface area (Å²) in [5.41, 5.74) is 0.731. The van der Waals surface area contributed by atoms with Gasteiger partial charge in [-0.1, -0.05) is 12.1 Å². The van der Waals surface area contributed by atoms with Crippen molar-refractivity contribution in [2.75, 3.05) is 51.3 Å². The van der Waals surface area contributed by atoms with Gasteiger partial charge in [0.25, 0.3) is 0 Å². The van der Waals surface area contributed by atoms with Gasteiger partial charge in [-0.05, 0) is 18.6 Å². The van der Waals surface area contributed by atoms with E-state index in [0.717, 1.165) is 51.4 Å². The van der Waals surface area contributed by atoms with E-state index in [2.05, 4.69) is 9.80 Å². The molecule has 0 bridgehead atoms. The summed E-state index contributed by atoms with van der Waals surface area (Å²) in [6.07, 6.45) is 1.07. The number of piperazine rings is 1. The molecule has 0 saturated carbocycles. The van der Waals surface area contributed by atoms with Crippen LogP contribution in [-0.2, 0) is 4.74 Å². The quantitative estimate of drug-likeness (QED) is 0.745. The first kappa shape index (κ1) is 13.3. The summed E-state index contributed by atoms with van der Waals surface area (Å²) < 4.78 is 18.7. The Morgan fingerprint density at radius 1 is 1.17 bits per heavy atom. The smallest absolute Gasteiger partial charge is 0.146 e. The number of nitrogens with zero attached hydrogens (tertiary/aromatic N) is 2. The third-order valence-corrected chi connectivity index (χ3v) is 3.39. The summed E-state index contributed by atoms with van der Waals surface area (Å²) in [5.74, 6) is -0.120. The topological polar surface area (TPSA) is 15.7 Å². The van der Waals surface area contributed by atoms with Crippen LogP contribution in [-0.4, -0.2) is 51.3 Å². The molecule has 1 aromatic carbocycles. The molecule has 1 aliphatic heterocycles. The monoisotopic (exact) mass is 252 g/mol. The molecule has 1 heterocycles. The molecule has 0 radical (unpaired) electrons. The highest BCUT2D eigenvalue weighted by Gasteiger charge is 2.18. The third kappa shape index (κ3) is 3.43. The number of methoxy groups -OCH3 is 1. The lowest BCUT2D eigenvalue weighted by atomic mass is 10.2. The molecule has 1 fully saturated rings. The van der Waals surface area contributed by atoms with Crippen LogP contribution in [0.4, 0.5) is 10.1 Å². The Morgan fingerprint density at radius 2 is 1.89 bits per heavy atom. The van der Waals surface area contributed by atoms with Crippen molar-refractivity contribution in [3.8, 4) is 0 Å². The van der Waals surface area contributed by atoms with Crippen molar-refractivity contribution in [3.05, 3.63) is 30.1 Å². The molecule has 0 aromatic heterocycles. The first-order valence-corrected chi connectivity index (χ1v) is 6.52. The zero-order chi connectivity index (χ0) is 12.8. The van der Waals surface area contributed by atoms with Gasteiger partial charge in [-0.25, -0.2) is 4.39 Å². The molecule has 0 amide bonds. The Labute approximate surface area is 108 Å². The second-order valence-corrected chi connectivity index (χ2v) is 4.63. The summed E-state index contributed by atoms with van der Waals surface area (Å²) in [4.78, 5) is 4.54. The number of halogens is 1. The molecule has 18 heavy (non-hydrogen) atoms. The van der Waals surface area contributed by atoms with Gasteiger partial charge in [0, 0.05) is 46.4 Å². The molecular weight excluding hydrogens is 231 g/mol. The van der Waals surface area contributed by atoms with Crippen LogP contribution in [0, 0.1) is 5.82 Å². The van der Waals surface area contributed by atoms with Gasteiger partial charge in [0.05, 0.1) is 5.69 Å². The molecule has 0 unspecified atom stereocenters. The van der Waals surface area contributed by atoms with E-state index < -0.39 is 0 Å². The Hall–Kier alpha value is -1.13. The molecule has 1 saturated heterocycles. The van der Waals surface area contributed by atoms with Crippen LogP contribution in [0.3, 0.4) is 0 Å². The number of anilines is 1. The fourth-order valence-electron chi connectivity index (χ4n) is 2.35. The lowest BCUT2D eigenvalue weighted by molar-refractivity contribution is 0.169. The number of para-hydroxylation sites is 1. The molecule has 1 aliphatic rings. The molecule has 100 valence electrons. The number of rotatable bonds is 5. The van der Waals surface area contributed by atoms with Crippen LogP contribution in [0.2, 0.25) is 0 Å². The van der Waals surface area contributed by atoms with Crippen LogP contribution in [0.5, 0.6) is 0 Å². The Kier molecular flexibility index (Phi) is 4.96. The van der Waals surface area contributed by atoms with Gasteiger partial charge < -0.3 is 9.64 Å². The average molecular weight is 252 g/mol. The van der Waals surface area contributed by atoms with E-state index in [4.69, 9.17) is 4.74 Å². The van der Waals surface area contributed by atoms with E-state index in [1.807, 2.05) is 12.1 Å². The summed E-state index contributed by atoms with van der Waals surface area (Å²) in [5, 5.41) is 0. The molecule has 4 heteroatoms. The zero-order valence-electron chi connectivity index (χ0n) is 10.9. The fourth-order valence-corrected chi connectivity index (χ4v) is 2.35.